The normalized spacial score (nSPS) is 10.4. The topological polar surface area (TPSA) is 55.1 Å². The van der Waals surface area contributed by atoms with Crippen LogP contribution in [0.15, 0.2) is 34.8 Å². The number of hydrogen-bond donors (Lipinski definition) is 1. The first-order valence-corrected chi connectivity index (χ1v) is 5.44. The lowest BCUT2D eigenvalue weighted by Gasteiger charge is -2.06. The molecule has 0 fully saturated rings. The van der Waals surface area contributed by atoms with Crippen molar-refractivity contribution in [1.82, 2.24) is 9.78 Å². The predicted octanol–water partition coefficient (Wildman–Crippen LogP) is 2.64. The first-order chi connectivity index (χ1) is 7.59. The first-order valence-electron chi connectivity index (χ1n) is 4.64. The summed E-state index contributed by atoms with van der Waals surface area (Å²) in [5.74, 6) is -0.989. The van der Waals surface area contributed by atoms with E-state index < -0.39 is 5.97 Å². The molecule has 0 saturated heterocycles. The molecule has 0 unspecified atom stereocenters. The molecule has 82 valence electrons. The van der Waals surface area contributed by atoms with Crippen molar-refractivity contribution in [3.05, 3.63) is 46.2 Å². The molecule has 1 heterocycles. The van der Waals surface area contributed by atoms with Gasteiger partial charge in [-0.1, -0.05) is 12.1 Å². The Bertz CT molecular complexity index is 549. The van der Waals surface area contributed by atoms with E-state index in [1.54, 1.807) is 13.0 Å². The second-order valence-electron chi connectivity index (χ2n) is 3.34. The fourth-order valence-electron chi connectivity index (χ4n) is 1.46. The molecule has 1 aromatic heterocycles. The molecule has 0 atom stereocenters. The lowest BCUT2D eigenvalue weighted by atomic mass is 10.3. The summed E-state index contributed by atoms with van der Waals surface area (Å²) in [4.78, 5) is 11.0. The van der Waals surface area contributed by atoms with Crippen molar-refractivity contribution in [2.45, 2.75) is 6.92 Å². The van der Waals surface area contributed by atoms with Crippen LogP contribution in [0, 0.1) is 6.92 Å². The van der Waals surface area contributed by atoms with Crippen LogP contribution in [0.4, 0.5) is 0 Å². The van der Waals surface area contributed by atoms with Gasteiger partial charge in [0, 0.05) is 4.47 Å². The Morgan fingerprint density at radius 1 is 1.44 bits per heavy atom. The van der Waals surface area contributed by atoms with Crippen LogP contribution < -0.4 is 0 Å². The molecule has 0 amide bonds. The summed E-state index contributed by atoms with van der Waals surface area (Å²) in [6.45, 7) is 1.76. The van der Waals surface area contributed by atoms with Gasteiger partial charge < -0.3 is 5.11 Å². The van der Waals surface area contributed by atoms with E-state index in [1.165, 1.54) is 4.68 Å². The SMILES string of the molecule is Cc1cc(C(=O)O)n(-c2ccccc2Br)n1. The number of rotatable bonds is 2. The van der Waals surface area contributed by atoms with Gasteiger partial charge in [-0.2, -0.15) is 5.10 Å². The molecule has 2 rings (SSSR count). The molecule has 0 spiro atoms. The van der Waals surface area contributed by atoms with Crippen LogP contribution in [0.5, 0.6) is 0 Å². The van der Waals surface area contributed by atoms with E-state index >= 15 is 0 Å². The largest absolute Gasteiger partial charge is 0.477 e. The maximum Gasteiger partial charge on any atom is 0.354 e. The van der Waals surface area contributed by atoms with Crippen molar-refractivity contribution in [1.29, 1.82) is 0 Å². The Kier molecular flexibility index (Phi) is 2.78. The van der Waals surface area contributed by atoms with Crippen LogP contribution >= 0.6 is 15.9 Å². The van der Waals surface area contributed by atoms with E-state index in [2.05, 4.69) is 21.0 Å². The second-order valence-corrected chi connectivity index (χ2v) is 4.19. The summed E-state index contributed by atoms with van der Waals surface area (Å²) in [5.41, 5.74) is 1.55. The van der Waals surface area contributed by atoms with Gasteiger partial charge in [-0.05, 0) is 41.1 Å². The maximum absolute atomic E-state index is 11.0. The highest BCUT2D eigenvalue weighted by atomic mass is 79.9. The third kappa shape index (κ3) is 1.86. The van der Waals surface area contributed by atoms with Crippen molar-refractivity contribution in [2.24, 2.45) is 0 Å². The summed E-state index contributed by atoms with van der Waals surface area (Å²) < 4.78 is 2.22. The van der Waals surface area contributed by atoms with Crippen molar-refractivity contribution in [3.63, 3.8) is 0 Å². The summed E-state index contributed by atoms with van der Waals surface area (Å²) >= 11 is 3.37. The van der Waals surface area contributed by atoms with Crippen LogP contribution in [0.25, 0.3) is 5.69 Å². The quantitative estimate of drug-likeness (QED) is 0.920. The van der Waals surface area contributed by atoms with Crippen molar-refractivity contribution < 1.29 is 9.90 Å². The van der Waals surface area contributed by atoms with E-state index in [9.17, 15) is 4.79 Å². The Balaban J connectivity index is 2.64. The number of carboxylic acids is 1. The molecule has 4 nitrogen and oxygen atoms in total. The fourth-order valence-corrected chi connectivity index (χ4v) is 1.91. The number of carboxylic acid groups (broad SMARTS) is 1. The Hall–Kier alpha value is -1.62. The summed E-state index contributed by atoms with van der Waals surface area (Å²) in [5, 5.41) is 13.2. The monoisotopic (exact) mass is 280 g/mol. The number of aromatic nitrogens is 2. The lowest BCUT2D eigenvalue weighted by Crippen LogP contribution is -2.08. The third-order valence-corrected chi connectivity index (χ3v) is 2.80. The van der Waals surface area contributed by atoms with Crippen LogP contribution in [0.1, 0.15) is 16.2 Å². The number of hydrogen-bond acceptors (Lipinski definition) is 2. The number of para-hydroxylation sites is 1. The van der Waals surface area contributed by atoms with Crippen molar-refractivity contribution in [3.8, 4) is 5.69 Å². The van der Waals surface area contributed by atoms with Crippen LogP contribution in [0.2, 0.25) is 0 Å². The minimum atomic E-state index is -0.989. The summed E-state index contributed by atoms with van der Waals surface area (Å²) in [6, 6.07) is 8.90. The van der Waals surface area contributed by atoms with E-state index in [-0.39, 0.29) is 5.69 Å². The molecule has 1 N–H and O–H groups in total. The molecule has 0 aliphatic rings. The van der Waals surface area contributed by atoms with Gasteiger partial charge in [0.15, 0.2) is 5.69 Å². The molecule has 0 radical (unpaired) electrons. The maximum atomic E-state index is 11.0. The molecule has 0 aliphatic heterocycles. The van der Waals surface area contributed by atoms with Gasteiger partial charge in [0.1, 0.15) is 0 Å². The summed E-state index contributed by atoms with van der Waals surface area (Å²) in [7, 11) is 0. The Labute approximate surface area is 101 Å². The molecule has 0 aliphatic carbocycles. The minimum absolute atomic E-state index is 0.157. The van der Waals surface area contributed by atoms with Crippen molar-refractivity contribution >= 4 is 21.9 Å². The average Bonchev–Trinajstić information content (AvgIpc) is 2.61. The second kappa shape index (κ2) is 4.09. The summed E-state index contributed by atoms with van der Waals surface area (Å²) in [6.07, 6.45) is 0. The van der Waals surface area contributed by atoms with E-state index in [4.69, 9.17) is 5.11 Å². The van der Waals surface area contributed by atoms with Crippen LogP contribution in [-0.4, -0.2) is 20.9 Å². The molecular weight excluding hydrogens is 272 g/mol. The van der Waals surface area contributed by atoms with Crippen molar-refractivity contribution in [2.75, 3.05) is 0 Å². The van der Waals surface area contributed by atoms with E-state index in [0.29, 0.717) is 11.4 Å². The van der Waals surface area contributed by atoms with E-state index in [0.717, 1.165) is 4.47 Å². The highest BCUT2D eigenvalue weighted by Crippen LogP contribution is 2.21. The first kappa shape index (κ1) is 10.9. The number of benzene rings is 1. The number of aromatic carboxylic acids is 1. The molecule has 16 heavy (non-hydrogen) atoms. The number of carbonyl (C=O) groups is 1. The number of nitrogens with zero attached hydrogens (tertiary/aromatic N) is 2. The third-order valence-electron chi connectivity index (χ3n) is 2.13. The predicted molar refractivity (Wildman–Crippen MR) is 63.0 cm³/mol. The lowest BCUT2D eigenvalue weighted by molar-refractivity contribution is 0.0687. The smallest absolute Gasteiger partial charge is 0.354 e. The molecule has 1 aromatic carbocycles. The van der Waals surface area contributed by atoms with Gasteiger partial charge >= 0.3 is 5.97 Å². The van der Waals surface area contributed by atoms with Gasteiger partial charge in [-0.3, -0.25) is 0 Å². The van der Waals surface area contributed by atoms with Gasteiger partial charge in [0.05, 0.1) is 11.4 Å². The van der Waals surface area contributed by atoms with Gasteiger partial charge in [-0.25, -0.2) is 9.48 Å². The molecule has 5 heteroatoms. The molecular formula is C11H9BrN2O2. The number of halogens is 1. The van der Waals surface area contributed by atoms with E-state index in [1.807, 2.05) is 24.3 Å². The van der Waals surface area contributed by atoms with Crippen LogP contribution in [-0.2, 0) is 0 Å². The average molecular weight is 281 g/mol. The molecule has 0 saturated carbocycles. The highest BCUT2D eigenvalue weighted by Gasteiger charge is 2.15. The zero-order valence-corrected chi connectivity index (χ0v) is 10.1. The van der Waals surface area contributed by atoms with Gasteiger partial charge in [0.2, 0.25) is 0 Å². The van der Waals surface area contributed by atoms with Crippen LogP contribution in [0.3, 0.4) is 0 Å². The Morgan fingerprint density at radius 3 is 2.75 bits per heavy atom. The number of aryl methyl sites for hydroxylation is 1. The minimum Gasteiger partial charge on any atom is -0.477 e. The molecule has 0 bridgehead atoms. The fraction of sp³-hybridized carbons (Fsp3) is 0.0909. The van der Waals surface area contributed by atoms with Gasteiger partial charge in [-0.15, -0.1) is 0 Å². The zero-order chi connectivity index (χ0) is 11.7. The highest BCUT2D eigenvalue weighted by molar-refractivity contribution is 9.10. The Morgan fingerprint density at radius 2 is 2.12 bits per heavy atom. The molecule has 2 aromatic rings. The standard InChI is InChI=1S/C11H9BrN2O2/c1-7-6-10(11(15)16)14(13-7)9-5-3-2-4-8(9)12/h2-6H,1H3,(H,15,16). The van der Waals surface area contributed by atoms with Gasteiger partial charge in [0.25, 0.3) is 0 Å². The zero-order valence-electron chi connectivity index (χ0n) is 8.51.